The fraction of sp³-hybridized carbons (Fsp3) is 0.647. The molecule has 0 amide bonds. The first-order valence-corrected chi connectivity index (χ1v) is 7.69. The smallest absolute Gasteiger partial charge is 0.0661 e. The molecule has 2 aliphatic carbocycles. The molecule has 3 rings (SSSR count). The Morgan fingerprint density at radius 2 is 2.05 bits per heavy atom. The predicted octanol–water partition coefficient (Wildman–Crippen LogP) is 3.68. The zero-order chi connectivity index (χ0) is 13.3. The van der Waals surface area contributed by atoms with Gasteiger partial charge in [0.25, 0.3) is 0 Å². The predicted molar refractivity (Wildman–Crippen MR) is 78.1 cm³/mol. The first kappa shape index (κ1) is 13.1. The minimum absolute atomic E-state index is 0.436. The first-order valence-electron chi connectivity index (χ1n) is 7.69. The number of nitrogens with one attached hydrogen (secondary N) is 1. The largest absolute Gasteiger partial charge is 0.378 e. The van der Waals surface area contributed by atoms with Gasteiger partial charge in [0.05, 0.1) is 6.10 Å². The van der Waals surface area contributed by atoms with Gasteiger partial charge in [0.1, 0.15) is 0 Å². The van der Waals surface area contributed by atoms with Crippen LogP contribution in [0.25, 0.3) is 0 Å². The number of ether oxygens (including phenoxy) is 1. The van der Waals surface area contributed by atoms with Crippen LogP contribution in [0.2, 0.25) is 0 Å². The maximum absolute atomic E-state index is 5.91. The Morgan fingerprint density at radius 1 is 1.32 bits per heavy atom. The molecule has 2 aliphatic rings. The van der Waals surface area contributed by atoms with Crippen LogP contribution in [0.15, 0.2) is 30.3 Å². The van der Waals surface area contributed by atoms with Crippen LogP contribution < -0.4 is 5.32 Å². The maximum Gasteiger partial charge on any atom is 0.0661 e. The molecule has 2 saturated carbocycles. The molecule has 2 unspecified atom stereocenters. The molecule has 0 bridgehead atoms. The minimum Gasteiger partial charge on any atom is -0.378 e. The van der Waals surface area contributed by atoms with Crippen molar-refractivity contribution in [3.05, 3.63) is 35.9 Å². The van der Waals surface area contributed by atoms with E-state index in [4.69, 9.17) is 4.74 Å². The van der Waals surface area contributed by atoms with Crippen LogP contribution in [0.1, 0.15) is 51.1 Å². The summed E-state index contributed by atoms with van der Waals surface area (Å²) >= 11 is 0. The molecule has 3 atom stereocenters. The van der Waals surface area contributed by atoms with Gasteiger partial charge in [-0.25, -0.2) is 0 Å². The van der Waals surface area contributed by atoms with Crippen molar-refractivity contribution in [2.24, 2.45) is 5.41 Å². The zero-order valence-electron chi connectivity index (χ0n) is 12.1. The molecule has 1 aromatic rings. The Balaban J connectivity index is 1.62. The fourth-order valence-electron chi connectivity index (χ4n) is 3.81. The van der Waals surface area contributed by atoms with Gasteiger partial charge < -0.3 is 10.1 Å². The lowest BCUT2D eigenvalue weighted by Gasteiger charge is -2.61. The molecule has 1 aromatic carbocycles. The zero-order valence-corrected chi connectivity index (χ0v) is 12.1. The van der Waals surface area contributed by atoms with Gasteiger partial charge in [0.2, 0.25) is 0 Å². The molecular weight excluding hydrogens is 234 g/mol. The number of hydrogen-bond acceptors (Lipinski definition) is 2. The SMILES string of the molecule is CCOC1CC(N[C@H](C)c2ccccc2)C12CCC2. The van der Waals surface area contributed by atoms with Crippen molar-refractivity contribution in [2.45, 2.75) is 57.7 Å². The monoisotopic (exact) mass is 259 g/mol. The van der Waals surface area contributed by atoms with Crippen molar-refractivity contribution < 1.29 is 4.74 Å². The lowest BCUT2D eigenvalue weighted by Crippen LogP contribution is -2.67. The van der Waals surface area contributed by atoms with E-state index < -0.39 is 0 Å². The molecule has 0 aliphatic heterocycles. The Labute approximate surface area is 116 Å². The van der Waals surface area contributed by atoms with Crippen molar-refractivity contribution in [1.29, 1.82) is 0 Å². The summed E-state index contributed by atoms with van der Waals surface area (Å²) in [5, 5.41) is 3.83. The minimum atomic E-state index is 0.436. The van der Waals surface area contributed by atoms with E-state index in [1.165, 1.54) is 31.2 Å². The highest BCUT2D eigenvalue weighted by Gasteiger charge is 2.58. The summed E-state index contributed by atoms with van der Waals surface area (Å²) in [5.41, 5.74) is 1.84. The Kier molecular flexibility index (Phi) is 3.64. The summed E-state index contributed by atoms with van der Waals surface area (Å²) in [4.78, 5) is 0. The highest BCUT2D eigenvalue weighted by molar-refractivity contribution is 5.20. The third kappa shape index (κ3) is 2.21. The molecule has 0 radical (unpaired) electrons. The first-order chi connectivity index (χ1) is 9.26. The Morgan fingerprint density at radius 3 is 2.63 bits per heavy atom. The second-order valence-corrected chi connectivity index (χ2v) is 6.12. The summed E-state index contributed by atoms with van der Waals surface area (Å²) in [5.74, 6) is 0. The molecular formula is C17H25NO. The second-order valence-electron chi connectivity index (χ2n) is 6.12. The van der Waals surface area contributed by atoms with Gasteiger partial charge in [0, 0.05) is 24.1 Å². The molecule has 1 N–H and O–H groups in total. The van der Waals surface area contributed by atoms with E-state index in [1.807, 2.05) is 0 Å². The maximum atomic E-state index is 5.91. The lowest BCUT2D eigenvalue weighted by atomic mass is 9.51. The van der Waals surface area contributed by atoms with Crippen molar-refractivity contribution in [2.75, 3.05) is 6.61 Å². The van der Waals surface area contributed by atoms with Crippen LogP contribution >= 0.6 is 0 Å². The van der Waals surface area contributed by atoms with Gasteiger partial charge in [-0.15, -0.1) is 0 Å². The summed E-state index contributed by atoms with van der Waals surface area (Å²) in [7, 11) is 0. The van der Waals surface area contributed by atoms with Crippen LogP contribution in [0.4, 0.5) is 0 Å². The average Bonchev–Trinajstić information content (AvgIpc) is 2.36. The number of rotatable bonds is 5. The fourth-order valence-corrected chi connectivity index (χ4v) is 3.81. The van der Waals surface area contributed by atoms with E-state index in [2.05, 4.69) is 49.5 Å². The summed E-state index contributed by atoms with van der Waals surface area (Å²) in [6.45, 7) is 5.24. The van der Waals surface area contributed by atoms with Gasteiger partial charge in [0.15, 0.2) is 0 Å². The van der Waals surface area contributed by atoms with Crippen molar-refractivity contribution >= 4 is 0 Å². The average molecular weight is 259 g/mol. The summed E-state index contributed by atoms with van der Waals surface area (Å²) in [6, 6.07) is 11.8. The van der Waals surface area contributed by atoms with E-state index in [-0.39, 0.29) is 0 Å². The Hall–Kier alpha value is -0.860. The molecule has 0 saturated heterocycles. The van der Waals surface area contributed by atoms with Gasteiger partial charge in [-0.3, -0.25) is 0 Å². The van der Waals surface area contributed by atoms with Gasteiger partial charge >= 0.3 is 0 Å². The van der Waals surface area contributed by atoms with Gasteiger partial charge in [-0.05, 0) is 38.7 Å². The molecule has 1 spiro atoms. The molecule has 0 heterocycles. The van der Waals surface area contributed by atoms with E-state index in [1.54, 1.807) is 0 Å². The van der Waals surface area contributed by atoms with Gasteiger partial charge in [-0.2, -0.15) is 0 Å². The second kappa shape index (κ2) is 5.26. The molecule has 2 nitrogen and oxygen atoms in total. The highest BCUT2D eigenvalue weighted by atomic mass is 16.5. The molecule has 2 fully saturated rings. The quantitative estimate of drug-likeness (QED) is 0.871. The van der Waals surface area contributed by atoms with Crippen LogP contribution in [-0.2, 0) is 4.74 Å². The highest BCUT2D eigenvalue weighted by Crippen LogP contribution is 2.57. The topological polar surface area (TPSA) is 21.3 Å². The third-order valence-corrected chi connectivity index (χ3v) is 5.19. The molecule has 0 aromatic heterocycles. The van der Waals surface area contributed by atoms with Crippen LogP contribution in [0.5, 0.6) is 0 Å². The Bertz CT molecular complexity index is 413. The van der Waals surface area contributed by atoms with Crippen molar-refractivity contribution in [3.63, 3.8) is 0 Å². The number of benzene rings is 1. The van der Waals surface area contributed by atoms with Crippen molar-refractivity contribution in [1.82, 2.24) is 5.32 Å². The van der Waals surface area contributed by atoms with E-state index in [9.17, 15) is 0 Å². The summed E-state index contributed by atoms with van der Waals surface area (Å²) in [6.07, 6.45) is 5.76. The van der Waals surface area contributed by atoms with Crippen LogP contribution in [0.3, 0.4) is 0 Å². The summed E-state index contributed by atoms with van der Waals surface area (Å²) < 4.78 is 5.91. The lowest BCUT2D eigenvalue weighted by molar-refractivity contribution is -0.174. The van der Waals surface area contributed by atoms with E-state index in [0.717, 1.165) is 6.61 Å². The molecule has 2 heteroatoms. The standard InChI is InChI=1S/C17H25NO/c1-3-19-16-12-15(17(16)10-7-11-17)18-13(2)14-8-5-4-6-9-14/h4-6,8-9,13,15-16,18H,3,7,10-12H2,1-2H3/t13-,15?,16?/m1/s1. The van der Waals surface area contributed by atoms with E-state index in [0.29, 0.717) is 23.6 Å². The number of hydrogen-bond donors (Lipinski definition) is 1. The van der Waals surface area contributed by atoms with Crippen molar-refractivity contribution in [3.8, 4) is 0 Å². The molecule has 104 valence electrons. The van der Waals surface area contributed by atoms with Crippen LogP contribution in [0, 0.1) is 5.41 Å². The normalized spacial score (nSPS) is 29.6. The van der Waals surface area contributed by atoms with Gasteiger partial charge in [-0.1, -0.05) is 36.8 Å². The van der Waals surface area contributed by atoms with Crippen LogP contribution in [-0.4, -0.2) is 18.8 Å². The third-order valence-electron chi connectivity index (χ3n) is 5.19. The van der Waals surface area contributed by atoms with E-state index >= 15 is 0 Å². The molecule has 19 heavy (non-hydrogen) atoms.